The third kappa shape index (κ3) is 6.79. The molecule has 1 aromatic carbocycles. The minimum Gasteiger partial charge on any atom is -0.497 e. The zero-order chi connectivity index (χ0) is 22.5. The van der Waals surface area contributed by atoms with Crippen LogP contribution < -0.4 is 4.74 Å². The second-order valence-corrected chi connectivity index (χ2v) is 8.72. The number of alkyl halides is 3. The van der Waals surface area contributed by atoms with Crippen LogP contribution in [0.3, 0.4) is 0 Å². The minimum atomic E-state index is -4.37. The van der Waals surface area contributed by atoms with E-state index in [1.807, 2.05) is 27.7 Å². The van der Waals surface area contributed by atoms with E-state index in [0.29, 0.717) is 44.8 Å². The highest BCUT2D eigenvalue weighted by Crippen LogP contribution is 2.40. The van der Waals surface area contributed by atoms with Crippen LogP contribution >= 0.6 is 0 Å². The first-order valence-electron chi connectivity index (χ1n) is 10.4. The molecule has 0 aromatic heterocycles. The molecule has 0 N–H and O–H groups in total. The molecule has 1 aliphatic heterocycles. The Labute approximate surface area is 177 Å². The number of halogens is 3. The van der Waals surface area contributed by atoms with Crippen molar-refractivity contribution in [2.45, 2.75) is 58.4 Å². The number of hydrogen-bond donors (Lipinski definition) is 0. The summed E-state index contributed by atoms with van der Waals surface area (Å²) >= 11 is 0. The van der Waals surface area contributed by atoms with Gasteiger partial charge < -0.3 is 14.4 Å². The molecule has 1 fully saturated rings. The molecule has 8 heteroatoms. The van der Waals surface area contributed by atoms with Gasteiger partial charge in [0.2, 0.25) is 0 Å². The standard InChI is InChI=1S/C22H33F3N2O3/c1-6-26(20(28)30-21(2,3)4)15-16-11-13-27(14-12-16)19(22(23,24)25)17-7-9-18(29-5)10-8-17/h7-10,16,19H,6,11-15H2,1-5H3. The highest BCUT2D eigenvalue weighted by Gasteiger charge is 2.45. The number of piperidine rings is 1. The molecule has 5 nitrogen and oxygen atoms in total. The number of carbonyl (C=O) groups is 1. The van der Waals surface area contributed by atoms with Crippen LogP contribution in [0, 0.1) is 5.92 Å². The van der Waals surface area contributed by atoms with Gasteiger partial charge in [-0.2, -0.15) is 13.2 Å². The summed E-state index contributed by atoms with van der Waals surface area (Å²) in [6.07, 6.45) is -3.55. The number of benzene rings is 1. The highest BCUT2D eigenvalue weighted by atomic mass is 19.4. The van der Waals surface area contributed by atoms with Crippen LogP contribution in [0.4, 0.5) is 18.0 Å². The summed E-state index contributed by atoms with van der Waals surface area (Å²) in [6, 6.07) is 4.42. The van der Waals surface area contributed by atoms with Gasteiger partial charge in [-0.15, -0.1) is 0 Å². The van der Waals surface area contributed by atoms with Crippen molar-refractivity contribution in [2.75, 3.05) is 33.3 Å². The Morgan fingerprint density at radius 3 is 2.17 bits per heavy atom. The van der Waals surface area contributed by atoms with Crippen LogP contribution in [0.1, 0.15) is 52.1 Å². The lowest BCUT2D eigenvalue weighted by atomic mass is 9.93. The van der Waals surface area contributed by atoms with Gasteiger partial charge in [-0.3, -0.25) is 4.90 Å². The second-order valence-electron chi connectivity index (χ2n) is 8.72. The van der Waals surface area contributed by atoms with Crippen molar-refractivity contribution in [1.82, 2.24) is 9.80 Å². The van der Waals surface area contributed by atoms with E-state index >= 15 is 0 Å². The van der Waals surface area contributed by atoms with Gasteiger partial charge in [0, 0.05) is 13.1 Å². The Morgan fingerprint density at radius 1 is 1.17 bits per heavy atom. The molecule has 0 saturated carbocycles. The Bertz CT molecular complexity index is 678. The lowest BCUT2D eigenvalue weighted by molar-refractivity contribution is -0.190. The van der Waals surface area contributed by atoms with Crippen molar-refractivity contribution < 1.29 is 27.4 Å². The number of hydrogen-bond acceptors (Lipinski definition) is 4. The third-order valence-corrected chi connectivity index (χ3v) is 5.27. The predicted octanol–water partition coefficient (Wildman–Crippen LogP) is 5.27. The molecule has 0 radical (unpaired) electrons. The summed E-state index contributed by atoms with van der Waals surface area (Å²) in [7, 11) is 1.48. The smallest absolute Gasteiger partial charge is 0.410 e. The first-order valence-corrected chi connectivity index (χ1v) is 10.4. The molecule has 1 amide bonds. The fourth-order valence-corrected chi connectivity index (χ4v) is 3.76. The van der Waals surface area contributed by atoms with Gasteiger partial charge in [-0.25, -0.2) is 4.79 Å². The van der Waals surface area contributed by atoms with E-state index in [1.165, 1.54) is 24.1 Å². The summed E-state index contributed by atoms with van der Waals surface area (Å²) in [5.41, 5.74) is -0.364. The van der Waals surface area contributed by atoms with Crippen LogP contribution in [0.5, 0.6) is 5.75 Å². The summed E-state index contributed by atoms with van der Waals surface area (Å²) in [5, 5.41) is 0. The van der Waals surface area contributed by atoms with Crippen molar-refractivity contribution >= 4 is 6.09 Å². The van der Waals surface area contributed by atoms with Gasteiger partial charge >= 0.3 is 12.3 Å². The fraction of sp³-hybridized carbons (Fsp3) is 0.682. The van der Waals surface area contributed by atoms with Crippen LogP contribution in [0.25, 0.3) is 0 Å². The fourth-order valence-electron chi connectivity index (χ4n) is 3.76. The molecule has 1 atom stereocenters. The Hall–Kier alpha value is -1.96. The topological polar surface area (TPSA) is 42.0 Å². The Balaban J connectivity index is 2.01. The molecular weight excluding hydrogens is 397 g/mol. The van der Waals surface area contributed by atoms with Crippen molar-refractivity contribution in [2.24, 2.45) is 5.92 Å². The van der Waals surface area contributed by atoms with Crippen LogP contribution in [0.15, 0.2) is 24.3 Å². The summed E-state index contributed by atoms with van der Waals surface area (Å²) < 4.78 is 52.1. The van der Waals surface area contributed by atoms with Gasteiger partial charge in [-0.1, -0.05) is 12.1 Å². The molecule has 1 heterocycles. The van der Waals surface area contributed by atoms with Gasteiger partial charge in [-0.05, 0) is 77.2 Å². The van der Waals surface area contributed by atoms with E-state index in [0.717, 1.165) is 0 Å². The minimum absolute atomic E-state index is 0.151. The number of carbonyl (C=O) groups excluding carboxylic acids is 1. The average molecular weight is 431 g/mol. The van der Waals surface area contributed by atoms with E-state index < -0.39 is 17.8 Å². The Morgan fingerprint density at radius 2 is 1.73 bits per heavy atom. The third-order valence-electron chi connectivity index (χ3n) is 5.27. The molecule has 170 valence electrons. The first-order chi connectivity index (χ1) is 13.9. The summed E-state index contributed by atoms with van der Waals surface area (Å²) in [4.78, 5) is 15.5. The van der Waals surface area contributed by atoms with Crippen molar-refractivity contribution in [3.8, 4) is 5.75 Å². The van der Waals surface area contributed by atoms with Gasteiger partial charge in [0.1, 0.15) is 17.4 Å². The largest absolute Gasteiger partial charge is 0.497 e. The number of amides is 1. The van der Waals surface area contributed by atoms with Crippen LogP contribution in [-0.4, -0.2) is 61.0 Å². The van der Waals surface area contributed by atoms with E-state index in [1.54, 1.807) is 17.0 Å². The first kappa shape index (κ1) is 24.3. The lowest BCUT2D eigenvalue weighted by Gasteiger charge is -2.39. The zero-order valence-electron chi connectivity index (χ0n) is 18.5. The molecule has 0 aliphatic carbocycles. The summed E-state index contributed by atoms with van der Waals surface area (Å²) in [6.45, 7) is 8.97. The van der Waals surface area contributed by atoms with Crippen molar-refractivity contribution in [3.63, 3.8) is 0 Å². The molecule has 1 unspecified atom stereocenters. The summed E-state index contributed by atoms with van der Waals surface area (Å²) in [5.74, 6) is 0.679. The van der Waals surface area contributed by atoms with Gasteiger partial charge in [0.05, 0.1) is 7.11 Å². The molecule has 1 aliphatic rings. The highest BCUT2D eigenvalue weighted by molar-refractivity contribution is 5.68. The van der Waals surface area contributed by atoms with Crippen molar-refractivity contribution in [1.29, 1.82) is 0 Å². The maximum Gasteiger partial charge on any atom is 0.410 e. The van der Waals surface area contributed by atoms with Crippen molar-refractivity contribution in [3.05, 3.63) is 29.8 Å². The lowest BCUT2D eigenvalue weighted by Crippen LogP contribution is -2.46. The normalized spacial score (nSPS) is 17.5. The Kier molecular flexibility index (Phi) is 8.02. The van der Waals surface area contributed by atoms with E-state index in [9.17, 15) is 18.0 Å². The molecule has 1 aromatic rings. The SMILES string of the molecule is CCN(CC1CCN(C(c2ccc(OC)cc2)C(F)(F)F)CC1)C(=O)OC(C)(C)C. The zero-order valence-corrected chi connectivity index (χ0v) is 18.5. The number of ether oxygens (including phenoxy) is 2. The predicted molar refractivity (Wildman–Crippen MR) is 110 cm³/mol. The second kappa shape index (κ2) is 9.90. The number of rotatable bonds is 6. The molecule has 1 saturated heterocycles. The quantitative estimate of drug-likeness (QED) is 0.617. The molecule has 0 bridgehead atoms. The van der Waals surface area contributed by atoms with Crippen LogP contribution in [-0.2, 0) is 4.74 Å². The average Bonchev–Trinajstić information content (AvgIpc) is 2.65. The molecule has 30 heavy (non-hydrogen) atoms. The van der Waals surface area contributed by atoms with E-state index in [-0.39, 0.29) is 17.6 Å². The van der Waals surface area contributed by atoms with E-state index in [4.69, 9.17) is 9.47 Å². The monoisotopic (exact) mass is 430 g/mol. The number of methoxy groups -OCH3 is 1. The number of likely N-dealkylation sites (tertiary alicyclic amines) is 1. The molecular formula is C22H33F3N2O3. The van der Waals surface area contributed by atoms with E-state index in [2.05, 4.69) is 0 Å². The molecule has 0 spiro atoms. The maximum atomic E-state index is 13.9. The molecule has 2 rings (SSSR count). The van der Waals surface area contributed by atoms with Gasteiger partial charge in [0.25, 0.3) is 0 Å². The number of nitrogens with zero attached hydrogens (tertiary/aromatic N) is 2. The van der Waals surface area contributed by atoms with Crippen LogP contribution in [0.2, 0.25) is 0 Å². The maximum absolute atomic E-state index is 13.9. The van der Waals surface area contributed by atoms with Gasteiger partial charge in [0.15, 0.2) is 0 Å².